The van der Waals surface area contributed by atoms with Crippen molar-refractivity contribution in [3.05, 3.63) is 42.0 Å². The van der Waals surface area contributed by atoms with E-state index >= 15 is 0 Å². The summed E-state index contributed by atoms with van der Waals surface area (Å²) in [5, 5.41) is 3.41. The molecule has 1 saturated carbocycles. The van der Waals surface area contributed by atoms with Crippen LogP contribution in [0, 0.1) is 11.3 Å². The van der Waals surface area contributed by atoms with Crippen LogP contribution < -0.4 is 5.32 Å². The van der Waals surface area contributed by atoms with Gasteiger partial charge in [-0.3, -0.25) is 4.79 Å². The molecule has 1 amide bonds. The Bertz CT molecular complexity index is 546. The third-order valence-corrected chi connectivity index (χ3v) is 5.33. The topological polar surface area (TPSA) is 32.3 Å². The fourth-order valence-electron chi connectivity index (χ4n) is 3.84. The lowest BCUT2D eigenvalue weighted by molar-refractivity contribution is -0.133. The van der Waals surface area contributed by atoms with Gasteiger partial charge in [0.1, 0.15) is 0 Å². The first-order valence-electron chi connectivity index (χ1n) is 8.96. The highest BCUT2D eigenvalue weighted by molar-refractivity contribution is 5.83. The first-order chi connectivity index (χ1) is 11.2. The van der Waals surface area contributed by atoms with Crippen LogP contribution in [-0.2, 0) is 4.79 Å². The summed E-state index contributed by atoms with van der Waals surface area (Å²) >= 11 is 0. The molecule has 0 unspecified atom stereocenters. The average Bonchev–Trinajstić information content (AvgIpc) is 3.28. The lowest BCUT2D eigenvalue weighted by Gasteiger charge is -2.26. The van der Waals surface area contributed by atoms with Gasteiger partial charge in [0.15, 0.2) is 0 Å². The lowest BCUT2D eigenvalue weighted by atomic mass is 9.91. The molecule has 1 saturated heterocycles. The Morgan fingerprint density at radius 1 is 1.30 bits per heavy atom. The van der Waals surface area contributed by atoms with E-state index in [4.69, 9.17) is 0 Å². The second-order valence-electron chi connectivity index (χ2n) is 6.97. The monoisotopic (exact) mass is 312 g/mol. The number of nitrogens with zero attached hydrogens (tertiary/aromatic N) is 1. The van der Waals surface area contributed by atoms with Crippen LogP contribution in [0.2, 0.25) is 0 Å². The SMILES string of the molecule is CCCN(C/C=C/c1ccccc1)C(=O)[C@H]1CC12CCNCC2. The van der Waals surface area contributed by atoms with Crippen LogP contribution in [0.25, 0.3) is 6.08 Å². The largest absolute Gasteiger partial charge is 0.339 e. The van der Waals surface area contributed by atoms with Crippen LogP contribution in [0.5, 0.6) is 0 Å². The molecule has 23 heavy (non-hydrogen) atoms. The van der Waals surface area contributed by atoms with Crippen molar-refractivity contribution in [3.8, 4) is 0 Å². The summed E-state index contributed by atoms with van der Waals surface area (Å²) in [6, 6.07) is 10.3. The number of benzene rings is 1. The molecule has 2 fully saturated rings. The van der Waals surface area contributed by atoms with Gasteiger partial charge in [0.05, 0.1) is 0 Å². The minimum absolute atomic E-state index is 0.279. The molecule has 0 aromatic heterocycles. The predicted molar refractivity (Wildman–Crippen MR) is 95.0 cm³/mol. The van der Waals surface area contributed by atoms with Crippen molar-refractivity contribution in [1.29, 1.82) is 0 Å². The van der Waals surface area contributed by atoms with Gasteiger partial charge >= 0.3 is 0 Å². The Labute approximate surface area is 139 Å². The van der Waals surface area contributed by atoms with E-state index in [2.05, 4.69) is 41.4 Å². The summed E-state index contributed by atoms with van der Waals surface area (Å²) in [5.74, 6) is 0.660. The van der Waals surface area contributed by atoms with E-state index in [0.717, 1.165) is 39.0 Å². The van der Waals surface area contributed by atoms with Crippen LogP contribution in [0.3, 0.4) is 0 Å². The molecule has 3 heteroatoms. The maximum atomic E-state index is 12.9. The molecule has 1 heterocycles. The average molecular weight is 312 g/mol. The molecule has 124 valence electrons. The Morgan fingerprint density at radius 3 is 2.74 bits per heavy atom. The van der Waals surface area contributed by atoms with Crippen molar-refractivity contribution < 1.29 is 4.79 Å². The Hall–Kier alpha value is -1.61. The van der Waals surface area contributed by atoms with Crippen molar-refractivity contribution in [1.82, 2.24) is 10.2 Å². The number of hydrogen-bond acceptors (Lipinski definition) is 2. The summed E-state index contributed by atoms with van der Waals surface area (Å²) in [7, 11) is 0. The summed E-state index contributed by atoms with van der Waals surface area (Å²) in [6.45, 7) is 5.89. The van der Waals surface area contributed by atoms with Crippen molar-refractivity contribution in [2.75, 3.05) is 26.2 Å². The van der Waals surface area contributed by atoms with E-state index in [1.807, 2.05) is 18.2 Å². The van der Waals surface area contributed by atoms with E-state index < -0.39 is 0 Å². The molecule has 0 radical (unpaired) electrons. The molecule has 3 nitrogen and oxygen atoms in total. The number of piperidine rings is 1. The second-order valence-corrected chi connectivity index (χ2v) is 6.97. The standard InChI is InChI=1S/C20H28N2O/c1-2-14-22(15-6-9-17-7-4-3-5-8-17)19(23)18-16-20(18)10-12-21-13-11-20/h3-9,18,21H,2,10-16H2,1H3/b9-6+/t18-/m1/s1. The van der Waals surface area contributed by atoms with Gasteiger partial charge in [-0.15, -0.1) is 0 Å². The minimum Gasteiger partial charge on any atom is -0.339 e. The Balaban J connectivity index is 1.58. The zero-order chi connectivity index (χ0) is 16.1. The van der Waals surface area contributed by atoms with Crippen LogP contribution in [0.4, 0.5) is 0 Å². The van der Waals surface area contributed by atoms with Gasteiger partial charge in [0.2, 0.25) is 5.91 Å². The zero-order valence-electron chi connectivity index (χ0n) is 14.1. The maximum Gasteiger partial charge on any atom is 0.226 e. The normalized spacial score (nSPS) is 22.4. The van der Waals surface area contributed by atoms with Crippen LogP contribution >= 0.6 is 0 Å². The molecule has 1 spiro atoms. The highest BCUT2D eigenvalue weighted by atomic mass is 16.2. The number of carbonyl (C=O) groups excluding carboxylic acids is 1. The highest BCUT2D eigenvalue weighted by Crippen LogP contribution is 2.59. The van der Waals surface area contributed by atoms with Crippen molar-refractivity contribution in [3.63, 3.8) is 0 Å². The third-order valence-electron chi connectivity index (χ3n) is 5.33. The van der Waals surface area contributed by atoms with Gasteiger partial charge in [-0.2, -0.15) is 0 Å². The summed E-state index contributed by atoms with van der Waals surface area (Å²) in [5.41, 5.74) is 1.52. The van der Waals surface area contributed by atoms with Gasteiger partial charge in [-0.1, -0.05) is 49.4 Å². The number of nitrogens with one attached hydrogen (secondary N) is 1. The van der Waals surface area contributed by atoms with Crippen LogP contribution in [-0.4, -0.2) is 37.0 Å². The van der Waals surface area contributed by atoms with E-state index in [-0.39, 0.29) is 5.92 Å². The van der Waals surface area contributed by atoms with Crippen molar-refractivity contribution >= 4 is 12.0 Å². The minimum atomic E-state index is 0.279. The van der Waals surface area contributed by atoms with Gasteiger partial charge in [-0.25, -0.2) is 0 Å². The Kier molecular flexibility index (Phi) is 5.16. The molecule has 0 bridgehead atoms. The van der Waals surface area contributed by atoms with Gasteiger partial charge < -0.3 is 10.2 Å². The van der Waals surface area contributed by atoms with Gasteiger partial charge in [-0.05, 0) is 49.8 Å². The molecule has 3 rings (SSSR count). The molecule has 1 atom stereocenters. The van der Waals surface area contributed by atoms with Crippen molar-refractivity contribution in [2.24, 2.45) is 11.3 Å². The van der Waals surface area contributed by atoms with E-state index in [1.165, 1.54) is 18.4 Å². The second kappa shape index (κ2) is 7.31. The Morgan fingerprint density at radius 2 is 2.04 bits per heavy atom. The van der Waals surface area contributed by atoms with Gasteiger partial charge in [0.25, 0.3) is 0 Å². The smallest absolute Gasteiger partial charge is 0.226 e. The highest BCUT2D eigenvalue weighted by Gasteiger charge is 2.58. The molecule has 1 aromatic rings. The first kappa shape index (κ1) is 16.3. The first-order valence-corrected chi connectivity index (χ1v) is 8.96. The number of amides is 1. The fraction of sp³-hybridized carbons (Fsp3) is 0.550. The molecule has 1 N–H and O–H groups in total. The van der Waals surface area contributed by atoms with E-state index in [9.17, 15) is 4.79 Å². The maximum absolute atomic E-state index is 12.9. The third kappa shape index (κ3) is 3.84. The number of hydrogen-bond donors (Lipinski definition) is 1. The molecule has 1 aliphatic carbocycles. The molecule has 2 aliphatic rings. The predicted octanol–water partition coefficient (Wildman–Crippen LogP) is 3.33. The molecular formula is C20H28N2O. The molecule has 1 aliphatic heterocycles. The number of carbonyl (C=O) groups is 1. The quantitative estimate of drug-likeness (QED) is 0.874. The van der Waals surface area contributed by atoms with Gasteiger partial charge in [0, 0.05) is 19.0 Å². The number of rotatable bonds is 6. The van der Waals surface area contributed by atoms with E-state index in [1.54, 1.807) is 0 Å². The zero-order valence-corrected chi connectivity index (χ0v) is 14.1. The summed E-state index contributed by atoms with van der Waals surface area (Å²) in [4.78, 5) is 14.9. The summed E-state index contributed by atoms with van der Waals surface area (Å²) < 4.78 is 0. The van der Waals surface area contributed by atoms with Crippen LogP contribution in [0.15, 0.2) is 36.4 Å². The van der Waals surface area contributed by atoms with Crippen molar-refractivity contribution in [2.45, 2.75) is 32.6 Å². The molecular weight excluding hydrogens is 284 g/mol. The van der Waals surface area contributed by atoms with E-state index in [0.29, 0.717) is 11.3 Å². The lowest BCUT2D eigenvalue weighted by Crippen LogP contribution is -2.37. The molecule has 1 aromatic carbocycles. The van der Waals surface area contributed by atoms with Crippen LogP contribution in [0.1, 0.15) is 38.2 Å². The summed E-state index contributed by atoms with van der Waals surface area (Å²) in [6.07, 6.45) is 8.71. The fourth-order valence-corrected chi connectivity index (χ4v) is 3.84.